The summed E-state index contributed by atoms with van der Waals surface area (Å²) in [6.07, 6.45) is 5.51. The zero-order valence-electron chi connectivity index (χ0n) is 38.3. The molecule has 0 aliphatic carbocycles. The first-order chi connectivity index (χ1) is 33.3. The molecule has 0 spiro atoms. The van der Waals surface area contributed by atoms with Crippen molar-refractivity contribution in [3.05, 3.63) is 112 Å². The summed E-state index contributed by atoms with van der Waals surface area (Å²) in [4.78, 5) is 50.7. The van der Waals surface area contributed by atoms with Gasteiger partial charge in [-0.25, -0.2) is 0 Å². The Hall–Kier alpha value is -9.09. The lowest BCUT2D eigenvalue weighted by atomic mass is 10.1. The smallest absolute Gasteiger partial charge is 0.259 e. The quantitative estimate of drug-likeness (QED) is 0.0226. The minimum absolute atomic E-state index is 0.0197. The van der Waals surface area contributed by atoms with Crippen LogP contribution in [-0.2, 0) is 12.8 Å². The summed E-state index contributed by atoms with van der Waals surface area (Å²) < 4.78 is 2.47. The second-order valence-corrected chi connectivity index (χ2v) is 15.4. The monoisotopic (exact) mass is 935 g/mol. The van der Waals surface area contributed by atoms with Crippen molar-refractivity contribution in [3.63, 3.8) is 0 Å². The van der Waals surface area contributed by atoms with Crippen LogP contribution in [0.15, 0.2) is 115 Å². The first-order valence-corrected chi connectivity index (χ1v) is 22.0. The van der Waals surface area contributed by atoms with Crippen molar-refractivity contribution >= 4 is 69.5 Å². The number of aryl methyl sites for hydroxylation is 2. The summed E-state index contributed by atoms with van der Waals surface area (Å²) in [7, 11) is 0. The molecule has 14 N–H and O–H groups in total. The number of carbonyl (C=O) groups is 3. The normalized spacial score (nSPS) is 12.0. The number of allylic oxidation sites excluding steroid dienone is 1. The number of hydrogen-bond donors (Lipinski definition) is 8. The molecule has 0 aliphatic heterocycles. The molecule has 0 unspecified atom stereocenters. The highest BCUT2D eigenvalue weighted by atomic mass is 16.2. The van der Waals surface area contributed by atoms with Crippen molar-refractivity contribution < 1.29 is 14.4 Å². The highest BCUT2D eigenvalue weighted by Gasteiger charge is 2.25. The van der Waals surface area contributed by atoms with Crippen LogP contribution in [-0.4, -0.2) is 57.9 Å². The number of anilines is 3. The Morgan fingerprint density at radius 2 is 0.986 bits per heavy atom. The topological polar surface area (TPSA) is 392 Å². The standard InChI is InChI=1S/C45H53N21O3/c1-4-7-19-28(46)34(60-57-29-22-13-10-16-25(29)40(50)67)37(47)53-43-54-44(65-38(48)35(32(63-65)20-8-5-2)61-58-30-23-14-11-17-26(30)41(51)68)56-45(55-43)66-39(49)36(33(64-66)21-9-6-3)62-59-31-24-15-12-18-27(31)42(52)69/h10-18,22-24,46H,4-9,19-21,47-49H2,1-3H3,(H2,50,67)(H2,51,68)(H2,52,69)(H,53,54,55,56)/b37-34+,46-28?,60-57?,61-58?,62-59?. The van der Waals surface area contributed by atoms with Gasteiger partial charge in [0.2, 0.25) is 5.95 Å². The van der Waals surface area contributed by atoms with Crippen LogP contribution in [0.25, 0.3) is 11.9 Å². The Balaban J connectivity index is 1.56. The van der Waals surface area contributed by atoms with Crippen molar-refractivity contribution in [2.75, 3.05) is 16.8 Å². The van der Waals surface area contributed by atoms with Gasteiger partial charge in [-0.05, 0) is 74.9 Å². The molecular weight excluding hydrogens is 883 g/mol. The van der Waals surface area contributed by atoms with Gasteiger partial charge in [-0.2, -0.15) is 34.5 Å². The summed E-state index contributed by atoms with van der Waals surface area (Å²) >= 11 is 0. The molecule has 3 heterocycles. The number of azo groups is 3. The Labute approximate surface area is 396 Å². The van der Waals surface area contributed by atoms with Gasteiger partial charge in [-0.1, -0.05) is 76.4 Å². The first kappa shape index (κ1) is 49.3. The van der Waals surface area contributed by atoms with E-state index in [0.717, 1.165) is 19.3 Å². The SMILES string of the molecule is CCCCC(=N)/C(N=Nc1ccccc1C(N)=O)=C(/N)Nc1nc(-n2nc(CCCC)c(N=Nc3ccccc3C(N)=O)c2N)nc(-n2nc(CCCC)c(N=Nc3ccccc3C(N)=O)c2N)n1. The molecule has 3 amide bonds. The maximum Gasteiger partial charge on any atom is 0.259 e. The van der Waals surface area contributed by atoms with E-state index in [2.05, 4.69) is 46.0 Å². The van der Waals surface area contributed by atoms with Gasteiger partial charge in [0, 0.05) is 0 Å². The van der Waals surface area contributed by atoms with Gasteiger partial charge in [0.25, 0.3) is 29.6 Å². The molecule has 24 heteroatoms. The molecule has 0 bridgehead atoms. The number of rotatable bonds is 23. The van der Waals surface area contributed by atoms with E-state index >= 15 is 0 Å². The predicted octanol–water partition coefficient (Wildman–Crippen LogP) is 7.75. The summed E-state index contributed by atoms with van der Waals surface area (Å²) in [6, 6.07) is 19.3. The summed E-state index contributed by atoms with van der Waals surface area (Å²) in [6.45, 7) is 6.00. The van der Waals surface area contributed by atoms with Crippen molar-refractivity contribution in [1.82, 2.24) is 34.5 Å². The van der Waals surface area contributed by atoms with Crippen LogP contribution in [0.2, 0.25) is 0 Å². The van der Waals surface area contributed by atoms with E-state index in [4.69, 9.17) is 55.0 Å². The third-order valence-electron chi connectivity index (χ3n) is 10.3. The Morgan fingerprint density at radius 1 is 0.580 bits per heavy atom. The van der Waals surface area contributed by atoms with E-state index < -0.39 is 17.7 Å². The summed E-state index contributed by atoms with van der Waals surface area (Å²) in [5.74, 6) is -2.89. The predicted molar refractivity (Wildman–Crippen MR) is 260 cm³/mol. The Morgan fingerprint density at radius 3 is 1.39 bits per heavy atom. The summed E-state index contributed by atoms with van der Waals surface area (Å²) in [5.41, 5.74) is 39.3. The largest absolute Gasteiger partial charge is 0.383 e. The van der Waals surface area contributed by atoms with Crippen LogP contribution in [0.4, 0.5) is 46.0 Å². The number of primary amides is 3. The van der Waals surface area contributed by atoms with Gasteiger partial charge in [-0.3, -0.25) is 14.4 Å². The van der Waals surface area contributed by atoms with Gasteiger partial charge >= 0.3 is 0 Å². The van der Waals surface area contributed by atoms with Gasteiger partial charge in [0.1, 0.15) is 11.5 Å². The highest BCUT2D eigenvalue weighted by molar-refractivity contribution is 6.00. The average molecular weight is 936 g/mol. The number of nitrogens with one attached hydrogen (secondary N) is 2. The van der Waals surface area contributed by atoms with Crippen LogP contribution in [0.5, 0.6) is 0 Å². The molecule has 24 nitrogen and oxygen atoms in total. The minimum Gasteiger partial charge on any atom is -0.383 e. The fourth-order valence-electron chi connectivity index (χ4n) is 6.64. The Bertz CT molecular complexity index is 2860. The third kappa shape index (κ3) is 11.8. The molecule has 0 radical (unpaired) electrons. The number of hydrogen-bond acceptors (Lipinski definition) is 19. The van der Waals surface area contributed by atoms with Gasteiger partial charge in [0.15, 0.2) is 23.0 Å². The molecule has 3 aromatic heterocycles. The number of benzene rings is 3. The fourth-order valence-corrected chi connectivity index (χ4v) is 6.64. The molecule has 0 fully saturated rings. The number of carbonyl (C=O) groups excluding carboxylic acids is 3. The van der Waals surface area contributed by atoms with Gasteiger partial charge in [0.05, 0.1) is 50.9 Å². The molecule has 6 rings (SSSR count). The molecule has 356 valence electrons. The molecule has 0 atom stereocenters. The van der Waals surface area contributed by atoms with Crippen molar-refractivity contribution in [1.29, 1.82) is 5.41 Å². The summed E-state index contributed by atoms with van der Waals surface area (Å²) in [5, 5.41) is 47.6. The second-order valence-electron chi connectivity index (χ2n) is 15.4. The molecule has 0 saturated carbocycles. The van der Waals surface area contributed by atoms with Crippen LogP contribution in [0.1, 0.15) is 108 Å². The lowest BCUT2D eigenvalue weighted by Crippen LogP contribution is -2.20. The lowest BCUT2D eigenvalue weighted by molar-refractivity contribution is 0.0992. The van der Waals surface area contributed by atoms with Gasteiger partial charge in [-0.15, -0.1) is 30.7 Å². The van der Waals surface area contributed by atoms with Crippen LogP contribution in [0.3, 0.4) is 0 Å². The van der Waals surface area contributed by atoms with E-state index in [9.17, 15) is 14.4 Å². The molecule has 3 aromatic carbocycles. The van der Waals surface area contributed by atoms with Crippen LogP contribution < -0.4 is 39.7 Å². The van der Waals surface area contributed by atoms with E-state index in [1.165, 1.54) is 27.6 Å². The van der Waals surface area contributed by atoms with E-state index in [0.29, 0.717) is 43.5 Å². The number of nitrogen functional groups attached to an aromatic ring is 2. The van der Waals surface area contributed by atoms with Gasteiger partial charge < -0.3 is 45.1 Å². The molecule has 69 heavy (non-hydrogen) atoms. The zero-order chi connectivity index (χ0) is 49.6. The van der Waals surface area contributed by atoms with E-state index in [1.54, 1.807) is 54.6 Å². The van der Waals surface area contributed by atoms with Crippen LogP contribution in [0, 0.1) is 5.41 Å². The average Bonchev–Trinajstić information content (AvgIpc) is 3.83. The third-order valence-corrected chi connectivity index (χ3v) is 10.3. The number of aromatic nitrogens is 7. The molecule has 0 saturated heterocycles. The number of unbranched alkanes of at least 4 members (excludes halogenated alkanes) is 3. The van der Waals surface area contributed by atoms with Crippen LogP contribution >= 0.6 is 0 Å². The number of nitrogens with zero attached hydrogens (tertiary/aromatic N) is 13. The Kier molecular flexibility index (Phi) is 16.4. The van der Waals surface area contributed by atoms with E-state index in [1.807, 2.05) is 20.8 Å². The van der Waals surface area contributed by atoms with Crippen molar-refractivity contribution in [2.24, 2.45) is 53.6 Å². The lowest BCUT2D eigenvalue weighted by Gasteiger charge is -2.12. The minimum atomic E-state index is -0.723. The second kappa shape index (κ2) is 22.9. The molecular formula is C45H53N21O3. The molecule has 0 aliphatic rings. The maximum absolute atomic E-state index is 12.2. The first-order valence-electron chi connectivity index (χ1n) is 22.0. The highest BCUT2D eigenvalue weighted by Crippen LogP contribution is 2.35. The fraction of sp³-hybridized carbons (Fsp3) is 0.267. The zero-order valence-corrected chi connectivity index (χ0v) is 38.3. The van der Waals surface area contributed by atoms with Crippen molar-refractivity contribution in [2.45, 2.75) is 78.6 Å². The van der Waals surface area contributed by atoms with E-state index in [-0.39, 0.29) is 98.3 Å². The number of amides is 3. The molecule has 6 aromatic rings. The van der Waals surface area contributed by atoms with Crippen molar-refractivity contribution in [3.8, 4) is 11.9 Å². The maximum atomic E-state index is 12.2. The number of nitrogens with two attached hydrogens (primary N) is 6.